The summed E-state index contributed by atoms with van der Waals surface area (Å²) in [6.07, 6.45) is -4.77. The van der Waals surface area contributed by atoms with E-state index in [1.165, 1.54) is 12.1 Å². The third-order valence-electron chi connectivity index (χ3n) is 2.07. The van der Waals surface area contributed by atoms with Crippen molar-refractivity contribution in [2.24, 2.45) is 0 Å². The van der Waals surface area contributed by atoms with Crippen LogP contribution < -0.4 is 4.74 Å². The lowest BCUT2D eigenvalue weighted by molar-refractivity contribution is -0.274. The molecule has 0 saturated heterocycles. The molecule has 0 aromatic heterocycles. The SMILES string of the molecule is Oc1cccc2cccc(OC(F)(F)F)c12. The number of hydrogen-bond acceptors (Lipinski definition) is 2. The van der Waals surface area contributed by atoms with E-state index in [-0.39, 0.29) is 11.1 Å². The molecule has 2 nitrogen and oxygen atoms in total. The summed E-state index contributed by atoms with van der Waals surface area (Å²) in [6.45, 7) is 0. The summed E-state index contributed by atoms with van der Waals surface area (Å²) >= 11 is 0. The molecule has 5 heteroatoms. The molecular weight excluding hydrogens is 221 g/mol. The number of fused-ring (bicyclic) bond motifs is 1. The van der Waals surface area contributed by atoms with Gasteiger partial charge in [-0.3, -0.25) is 0 Å². The van der Waals surface area contributed by atoms with Crippen molar-refractivity contribution in [3.05, 3.63) is 36.4 Å². The minimum atomic E-state index is -4.77. The lowest BCUT2D eigenvalue weighted by Crippen LogP contribution is -2.17. The lowest BCUT2D eigenvalue weighted by atomic mass is 10.1. The van der Waals surface area contributed by atoms with Gasteiger partial charge < -0.3 is 9.84 Å². The van der Waals surface area contributed by atoms with Crippen LogP contribution in [0.1, 0.15) is 0 Å². The zero-order valence-corrected chi connectivity index (χ0v) is 7.95. The van der Waals surface area contributed by atoms with Crippen LogP contribution in [0.25, 0.3) is 10.8 Å². The van der Waals surface area contributed by atoms with Gasteiger partial charge in [-0.05, 0) is 17.5 Å². The van der Waals surface area contributed by atoms with Gasteiger partial charge in [-0.25, -0.2) is 0 Å². The Balaban J connectivity index is 2.61. The van der Waals surface area contributed by atoms with Crippen molar-refractivity contribution in [3.8, 4) is 11.5 Å². The molecule has 0 aliphatic carbocycles. The molecule has 0 saturated carbocycles. The van der Waals surface area contributed by atoms with Gasteiger partial charge in [-0.1, -0.05) is 24.3 Å². The van der Waals surface area contributed by atoms with E-state index >= 15 is 0 Å². The molecule has 0 bridgehead atoms. The minimum absolute atomic E-state index is 0.0577. The zero-order valence-electron chi connectivity index (χ0n) is 7.95. The number of alkyl halides is 3. The molecule has 0 fully saturated rings. The molecule has 0 unspecified atom stereocenters. The number of aromatic hydroxyl groups is 1. The first kappa shape index (κ1) is 10.6. The standard InChI is InChI=1S/C11H7F3O2/c12-11(13,14)16-9-6-2-4-7-3-1-5-8(15)10(7)9/h1-6,15H. The van der Waals surface area contributed by atoms with Crippen LogP contribution in [-0.4, -0.2) is 11.5 Å². The fourth-order valence-corrected chi connectivity index (χ4v) is 1.50. The number of halogens is 3. The second-order valence-corrected chi connectivity index (χ2v) is 3.18. The molecular formula is C11H7F3O2. The van der Waals surface area contributed by atoms with Gasteiger partial charge in [0.2, 0.25) is 0 Å². The summed E-state index contributed by atoms with van der Waals surface area (Å²) in [4.78, 5) is 0. The third kappa shape index (κ3) is 2.03. The van der Waals surface area contributed by atoms with E-state index in [4.69, 9.17) is 0 Å². The van der Waals surface area contributed by atoms with Gasteiger partial charge in [-0.2, -0.15) is 0 Å². The lowest BCUT2D eigenvalue weighted by Gasteiger charge is -2.11. The van der Waals surface area contributed by atoms with Gasteiger partial charge in [0.05, 0.1) is 5.39 Å². The van der Waals surface area contributed by atoms with Crippen LogP contribution in [0.5, 0.6) is 11.5 Å². The molecule has 2 aromatic rings. The molecule has 0 spiro atoms. The molecule has 0 aliphatic rings. The Morgan fingerprint density at radius 3 is 2.25 bits per heavy atom. The van der Waals surface area contributed by atoms with Gasteiger partial charge >= 0.3 is 6.36 Å². The topological polar surface area (TPSA) is 29.5 Å². The average Bonchev–Trinajstić information content (AvgIpc) is 2.15. The van der Waals surface area contributed by atoms with E-state index in [0.29, 0.717) is 5.39 Å². The van der Waals surface area contributed by atoms with Crippen molar-refractivity contribution < 1.29 is 23.0 Å². The number of benzene rings is 2. The molecule has 1 N–H and O–H groups in total. The van der Waals surface area contributed by atoms with Crippen LogP contribution in [0.3, 0.4) is 0 Å². The highest BCUT2D eigenvalue weighted by Gasteiger charge is 2.32. The summed E-state index contributed by atoms with van der Waals surface area (Å²) in [5, 5.41) is 10.0. The Kier molecular flexibility index (Phi) is 2.38. The largest absolute Gasteiger partial charge is 0.573 e. The molecule has 0 radical (unpaired) electrons. The Morgan fingerprint density at radius 2 is 1.62 bits per heavy atom. The first-order chi connectivity index (χ1) is 7.47. The van der Waals surface area contributed by atoms with E-state index in [2.05, 4.69) is 4.74 Å². The van der Waals surface area contributed by atoms with Gasteiger partial charge in [-0.15, -0.1) is 13.2 Å². The summed E-state index contributed by atoms with van der Waals surface area (Å²) < 4.78 is 40.1. The van der Waals surface area contributed by atoms with Crippen LogP contribution >= 0.6 is 0 Å². The van der Waals surface area contributed by atoms with Crippen LogP contribution in [0.2, 0.25) is 0 Å². The fourth-order valence-electron chi connectivity index (χ4n) is 1.50. The fraction of sp³-hybridized carbons (Fsp3) is 0.0909. The predicted molar refractivity (Wildman–Crippen MR) is 52.3 cm³/mol. The molecule has 16 heavy (non-hydrogen) atoms. The van der Waals surface area contributed by atoms with Crippen LogP contribution in [0, 0.1) is 0 Å². The first-order valence-electron chi connectivity index (χ1n) is 4.44. The minimum Gasteiger partial charge on any atom is -0.507 e. The van der Waals surface area contributed by atoms with E-state index < -0.39 is 12.1 Å². The number of phenols is 1. The summed E-state index contributed by atoms with van der Waals surface area (Å²) in [7, 11) is 0. The van der Waals surface area contributed by atoms with Crippen molar-refractivity contribution in [2.75, 3.05) is 0 Å². The third-order valence-corrected chi connectivity index (χ3v) is 2.07. The van der Waals surface area contributed by atoms with Gasteiger partial charge in [0.15, 0.2) is 0 Å². The quantitative estimate of drug-likeness (QED) is 0.810. The highest BCUT2D eigenvalue weighted by molar-refractivity contribution is 5.93. The molecule has 2 aromatic carbocycles. The van der Waals surface area contributed by atoms with Crippen LogP contribution in [0.15, 0.2) is 36.4 Å². The monoisotopic (exact) mass is 228 g/mol. The molecule has 2 rings (SSSR count). The Labute approximate surface area is 88.9 Å². The van der Waals surface area contributed by atoms with Crippen molar-refractivity contribution >= 4 is 10.8 Å². The molecule has 0 aliphatic heterocycles. The van der Waals surface area contributed by atoms with E-state index in [1.54, 1.807) is 18.2 Å². The van der Waals surface area contributed by atoms with Crippen LogP contribution in [0.4, 0.5) is 13.2 Å². The Bertz CT molecular complexity index is 515. The second-order valence-electron chi connectivity index (χ2n) is 3.18. The number of hydrogen-bond donors (Lipinski definition) is 1. The van der Waals surface area contributed by atoms with Crippen molar-refractivity contribution in [1.82, 2.24) is 0 Å². The molecule has 0 amide bonds. The summed E-state index contributed by atoms with van der Waals surface area (Å²) in [5.41, 5.74) is 0. The predicted octanol–water partition coefficient (Wildman–Crippen LogP) is 3.44. The highest BCUT2D eigenvalue weighted by atomic mass is 19.4. The Hall–Kier alpha value is -1.91. The smallest absolute Gasteiger partial charge is 0.507 e. The average molecular weight is 228 g/mol. The summed E-state index contributed by atoms with van der Waals surface area (Å²) in [5.74, 6) is -0.638. The Morgan fingerprint density at radius 1 is 1.00 bits per heavy atom. The summed E-state index contributed by atoms with van der Waals surface area (Å²) in [6, 6.07) is 8.65. The van der Waals surface area contributed by atoms with Gasteiger partial charge in [0.25, 0.3) is 0 Å². The highest BCUT2D eigenvalue weighted by Crippen LogP contribution is 2.35. The maximum Gasteiger partial charge on any atom is 0.573 e. The molecule has 0 atom stereocenters. The molecule has 84 valence electrons. The maximum absolute atomic E-state index is 12.1. The van der Waals surface area contributed by atoms with Crippen molar-refractivity contribution in [3.63, 3.8) is 0 Å². The van der Waals surface area contributed by atoms with Crippen LogP contribution in [-0.2, 0) is 0 Å². The second kappa shape index (κ2) is 3.59. The zero-order chi connectivity index (χ0) is 11.8. The van der Waals surface area contributed by atoms with E-state index in [0.717, 1.165) is 6.07 Å². The number of ether oxygens (including phenoxy) is 1. The number of phenolic OH excluding ortho intramolecular Hbond substituents is 1. The van der Waals surface area contributed by atoms with E-state index in [1.807, 2.05) is 0 Å². The normalized spacial score (nSPS) is 11.7. The van der Waals surface area contributed by atoms with Crippen molar-refractivity contribution in [2.45, 2.75) is 6.36 Å². The maximum atomic E-state index is 12.1. The van der Waals surface area contributed by atoms with E-state index in [9.17, 15) is 18.3 Å². The first-order valence-corrected chi connectivity index (χ1v) is 4.44. The van der Waals surface area contributed by atoms with Gasteiger partial charge in [0, 0.05) is 0 Å². The van der Waals surface area contributed by atoms with Gasteiger partial charge in [0.1, 0.15) is 11.5 Å². The number of rotatable bonds is 1. The van der Waals surface area contributed by atoms with Crippen molar-refractivity contribution in [1.29, 1.82) is 0 Å². The molecule has 0 heterocycles.